The van der Waals surface area contributed by atoms with Gasteiger partial charge in [0.05, 0.1) is 12.7 Å². The number of carbonyl (C=O) groups excluding carboxylic acids is 1. The monoisotopic (exact) mass is 382 g/mol. The van der Waals surface area contributed by atoms with Gasteiger partial charge in [0.25, 0.3) is 5.91 Å². The predicted octanol–water partition coefficient (Wildman–Crippen LogP) is -0.0537. The second-order valence-electron chi connectivity index (χ2n) is 6.11. The van der Waals surface area contributed by atoms with Crippen molar-refractivity contribution in [1.82, 2.24) is 19.4 Å². The van der Waals surface area contributed by atoms with Crippen LogP contribution in [0, 0.1) is 11.8 Å². The minimum absolute atomic E-state index is 0.186. The number of nitrogens with zero attached hydrogens (tertiary/aromatic N) is 3. The summed E-state index contributed by atoms with van der Waals surface area (Å²) in [5.41, 5.74) is -4.97. The van der Waals surface area contributed by atoms with Crippen LogP contribution in [0.4, 0.5) is 13.2 Å². The number of rotatable bonds is 4. The molecule has 1 aromatic heterocycles. The molecule has 0 saturated carbocycles. The molecule has 25 heavy (non-hydrogen) atoms. The highest BCUT2D eigenvalue weighted by molar-refractivity contribution is 7.90. The van der Waals surface area contributed by atoms with E-state index in [1.165, 1.54) is 16.9 Å². The fraction of sp³-hybridized carbons (Fsp3) is 0.692. The summed E-state index contributed by atoms with van der Waals surface area (Å²) in [5.74, 6) is -0.999. The van der Waals surface area contributed by atoms with Gasteiger partial charge in [-0.25, -0.2) is 8.42 Å². The molecule has 0 radical (unpaired) electrons. The van der Waals surface area contributed by atoms with E-state index in [0.717, 1.165) is 0 Å². The van der Waals surface area contributed by atoms with E-state index in [4.69, 9.17) is 4.74 Å². The minimum atomic E-state index is -5.36. The van der Waals surface area contributed by atoms with Crippen LogP contribution < -0.4 is 5.32 Å². The van der Waals surface area contributed by atoms with Crippen LogP contribution in [-0.2, 0) is 21.8 Å². The first kappa shape index (κ1) is 18.1. The molecule has 140 valence electrons. The molecule has 3 atom stereocenters. The zero-order valence-electron chi connectivity index (χ0n) is 13.2. The number of alkyl halides is 3. The van der Waals surface area contributed by atoms with Crippen LogP contribution in [0.3, 0.4) is 0 Å². The lowest BCUT2D eigenvalue weighted by atomic mass is 9.93. The minimum Gasteiger partial charge on any atom is -0.376 e. The molecule has 12 heteroatoms. The largest absolute Gasteiger partial charge is 0.511 e. The van der Waals surface area contributed by atoms with E-state index >= 15 is 0 Å². The summed E-state index contributed by atoms with van der Waals surface area (Å²) in [6.07, 6.45) is 0.885. The molecular weight excluding hydrogens is 365 g/mol. The summed E-state index contributed by atoms with van der Waals surface area (Å²) in [6.45, 7) is -0.135. The third-order valence-electron chi connectivity index (χ3n) is 4.62. The average molecular weight is 382 g/mol. The lowest BCUT2D eigenvalue weighted by Crippen LogP contribution is -2.41. The van der Waals surface area contributed by atoms with E-state index in [-0.39, 0.29) is 44.0 Å². The Morgan fingerprint density at radius 2 is 2.16 bits per heavy atom. The lowest BCUT2D eigenvalue weighted by molar-refractivity contribution is -0.0488. The first-order valence-electron chi connectivity index (χ1n) is 7.55. The summed E-state index contributed by atoms with van der Waals surface area (Å²) >= 11 is 0. The zero-order chi connectivity index (χ0) is 18.4. The quantitative estimate of drug-likeness (QED) is 0.788. The van der Waals surface area contributed by atoms with Crippen molar-refractivity contribution in [1.29, 1.82) is 0 Å². The van der Waals surface area contributed by atoms with Crippen LogP contribution >= 0.6 is 0 Å². The number of hydrogen-bond acceptors (Lipinski definition) is 5. The lowest BCUT2D eigenvalue weighted by Gasteiger charge is -2.20. The molecule has 2 aliphatic rings. The molecule has 0 aliphatic carbocycles. The van der Waals surface area contributed by atoms with Crippen molar-refractivity contribution < 1.29 is 31.1 Å². The van der Waals surface area contributed by atoms with Crippen molar-refractivity contribution in [2.45, 2.75) is 11.6 Å². The first-order valence-corrected chi connectivity index (χ1v) is 8.99. The van der Waals surface area contributed by atoms with E-state index in [0.29, 0.717) is 10.00 Å². The molecule has 1 N–H and O–H groups in total. The van der Waals surface area contributed by atoms with Crippen molar-refractivity contribution in [2.75, 3.05) is 26.2 Å². The molecular formula is C13H17F3N4O4S. The summed E-state index contributed by atoms with van der Waals surface area (Å²) in [4.78, 5) is 12.1. The molecule has 3 heterocycles. The zero-order valence-corrected chi connectivity index (χ0v) is 14.0. The Hall–Kier alpha value is -1.66. The highest BCUT2D eigenvalue weighted by Gasteiger charge is 2.55. The van der Waals surface area contributed by atoms with Crippen molar-refractivity contribution in [3.8, 4) is 0 Å². The van der Waals surface area contributed by atoms with Crippen molar-refractivity contribution in [3.05, 3.63) is 18.0 Å². The van der Waals surface area contributed by atoms with Crippen LogP contribution in [0.15, 0.2) is 12.3 Å². The molecule has 1 aromatic rings. The molecule has 2 aliphatic heterocycles. The SMILES string of the molecule is Cn1nccc1C(=O)NC[C@H]1CO[C@@H]2CN(S(=O)(=O)C(F)(F)F)C[C@H]12. The molecule has 0 bridgehead atoms. The first-order chi connectivity index (χ1) is 11.6. The van der Waals surface area contributed by atoms with Gasteiger partial charge >= 0.3 is 15.5 Å². The number of aryl methyl sites for hydroxylation is 1. The third kappa shape index (κ3) is 3.25. The summed E-state index contributed by atoms with van der Waals surface area (Å²) in [7, 11) is -3.75. The Morgan fingerprint density at radius 3 is 2.76 bits per heavy atom. The van der Waals surface area contributed by atoms with Gasteiger partial charge in [0.1, 0.15) is 5.69 Å². The Labute approximate surface area is 142 Å². The number of sulfonamides is 1. The summed E-state index contributed by atoms with van der Waals surface area (Å²) < 4.78 is 68.3. The number of carbonyl (C=O) groups is 1. The van der Waals surface area contributed by atoms with Crippen LogP contribution in [0.25, 0.3) is 0 Å². The molecule has 1 amide bonds. The third-order valence-corrected chi connectivity index (χ3v) is 6.18. The van der Waals surface area contributed by atoms with Gasteiger partial charge in [0, 0.05) is 44.7 Å². The number of nitrogens with one attached hydrogen (secondary N) is 1. The molecule has 2 fully saturated rings. The fourth-order valence-corrected chi connectivity index (χ4v) is 4.23. The number of hydrogen-bond donors (Lipinski definition) is 1. The maximum Gasteiger partial charge on any atom is 0.511 e. The topological polar surface area (TPSA) is 93.5 Å². The Balaban J connectivity index is 1.61. The van der Waals surface area contributed by atoms with E-state index in [9.17, 15) is 26.4 Å². The van der Waals surface area contributed by atoms with Gasteiger partial charge in [-0.15, -0.1) is 0 Å². The molecule has 0 aromatic carbocycles. The number of ether oxygens (including phenoxy) is 1. The number of aromatic nitrogens is 2. The Bertz CT molecular complexity index is 764. The van der Waals surface area contributed by atoms with Gasteiger partial charge in [0.2, 0.25) is 0 Å². The van der Waals surface area contributed by atoms with Crippen LogP contribution in [0.1, 0.15) is 10.5 Å². The standard InChI is InChI=1S/C13H17F3N4O4S/c1-19-10(2-3-18-19)12(21)17-4-8-7-24-11-6-20(5-9(8)11)25(22,23)13(14,15)16/h2-3,8-9,11H,4-7H2,1H3,(H,17,21)/t8-,9+,11+/m0/s1. The van der Waals surface area contributed by atoms with Crippen LogP contribution in [-0.4, -0.2) is 66.3 Å². The van der Waals surface area contributed by atoms with Gasteiger partial charge in [-0.05, 0) is 6.07 Å². The smallest absolute Gasteiger partial charge is 0.376 e. The highest BCUT2D eigenvalue weighted by atomic mass is 32.2. The van der Waals surface area contributed by atoms with Crippen molar-refractivity contribution in [3.63, 3.8) is 0 Å². The van der Waals surface area contributed by atoms with Gasteiger partial charge in [0.15, 0.2) is 0 Å². The summed E-state index contributed by atoms with van der Waals surface area (Å²) in [6, 6.07) is 1.54. The van der Waals surface area contributed by atoms with Crippen LogP contribution in [0.5, 0.6) is 0 Å². The van der Waals surface area contributed by atoms with Gasteiger partial charge in [-0.1, -0.05) is 0 Å². The number of amides is 1. The van der Waals surface area contributed by atoms with E-state index in [2.05, 4.69) is 10.4 Å². The van der Waals surface area contributed by atoms with Gasteiger partial charge in [-0.2, -0.15) is 22.6 Å². The highest BCUT2D eigenvalue weighted by Crippen LogP contribution is 2.38. The Kier molecular flexibility index (Phi) is 4.54. The summed E-state index contributed by atoms with van der Waals surface area (Å²) in [5, 5.41) is 6.58. The second-order valence-corrected chi connectivity index (χ2v) is 8.04. The molecule has 0 unspecified atom stereocenters. The van der Waals surface area contributed by atoms with E-state index < -0.39 is 21.6 Å². The van der Waals surface area contributed by atoms with Crippen molar-refractivity contribution in [2.24, 2.45) is 18.9 Å². The molecule has 0 spiro atoms. The van der Waals surface area contributed by atoms with Gasteiger partial charge < -0.3 is 10.1 Å². The van der Waals surface area contributed by atoms with Crippen molar-refractivity contribution >= 4 is 15.9 Å². The molecule has 8 nitrogen and oxygen atoms in total. The van der Waals surface area contributed by atoms with E-state index in [1.54, 1.807) is 7.05 Å². The normalized spacial score (nSPS) is 27.4. The maximum atomic E-state index is 12.7. The fourth-order valence-electron chi connectivity index (χ4n) is 3.23. The molecule has 2 saturated heterocycles. The second kappa shape index (κ2) is 6.25. The number of halogens is 3. The maximum absolute atomic E-state index is 12.7. The Morgan fingerprint density at radius 1 is 1.44 bits per heavy atom. The molecule has 3 rings (SSSR count). The van der Waals surface area contributed by atoms with E-state index in [1.807, 2.05) is 0 Å². The average Bonchev–Trinajstić information content (AvgIpc) is 3.19. The number of fused-ring (bicyclic) bond motifs is 1. The van der Waals surface area contributed by atoms with Crippen LogP contribution in [0.2, 0.25) is 0 Å². The predicted molar refractivity (Wildman–Crippen MR) is 78.8 cm³/mol. The van der Waals surface area contributed by atoms with Gasteiger partial charge in [-0.3, -0.25) is 9.48 Å².